The molecule has 0 unspecified atom stereocenters. The van der Waals surface area contributed by atoms with E-state index in [-0.39, 0.29) is 11.2 Å². The van der Waals surface area contributed by atoms with E-state index in [2.05, 4.69) is 444 Å². The van der Waals surface area contributed by atoms with Crippen molar-refractivity contribution in [3.8, 4) is 44.8 Å². The Hall–Kier alpha value is -15.3. The number of benzene rings is 20. The number of halogens is 1. The van der Waals surface area contributed by atoms with E-state index in [1.54, 1.807) is 0 Å². The predicted molar refractivity (Wildman–Crippen MR) is 542 cm³/mol. The monoisotopic (exact) mass is 1700 g/mol. The minimum atomic E-state index is -0.393. The molecule has 28 aromatic rings. The SMILES string of the molecule is Brc1ccc2c(c1)c1cc(-c3ccc4c5ccccc5n(-c5ccccc5)c4c3)cc3c4ccccc4n2c31.CC1(C)OB(c2ccc3oc4c5ccccc5c5ccccc5c4c3c2)OC1(C)C.c1ccc(-n2c3ccccc3c3ccc(-c4cc5c6ccccc6n6c7ccc(-c8ccc9oc%10c%11ccccc%11c%11ccccc%11c%10c9c8)cc7c(c4)c56)cc32)cc1. The molecular weight excluding hydrogens is 1630 g/mol. The van der Waals surface area contributed by atoms with E-state index in [0.717, 1.165) is 64.9 Å². The van der Waals surface area contributed by atoms with Gasteiger partial charge < -0.3 is 36.1 Å². The van der Waals surface area contributed by atoms with Crippen LogP contribution in [0.3, 0.4) is 0 Å². The maximum absolute atomic E-state index is 6.68. The van der Waals surface area contributed by atoms with Crippen molar-refractivity contribution in [3.63, 3.8) is 0 Å². The Morgan fingerprint density at radius 2 is 0.539 bits per heavy atom. The summed E-state index contributed by atoms with van der Waals surface area (Å²) in [6.07, 6.45) is 0. The first-order valence-corrected chi connectivity index (χ1v) is 44.8. The zero-order valence-electron chi connectivity index (χ0n) is 70.3. The van der Waals surface area contributed by atoms with Crippen molar-refractivity contribution in [1.29, 1.82) is 0 Å². The number of hydrogen-bond acceptors (Lipinski definition) is 4. The van der Waals surface area contributed by atoms with Gasteiger partial charge in [-0.1, -0.05) is 271 Å². The van der Waals surface area contributed by atoms with Crippen LogP contribution in [0.2, 0.25) is 0 Å². The van der Waals surface area contributed by atoms with Crippen LogP contribution in [0.4, 0.5) is 0 Å². The fourth-order valence-electron chi connectivity index (χ4n) is 21.6. The Morgan fingerprint density at radius 1 is 0.227 bits per heavy atom. The van der Waals surface area contributed by atoms with Crippen molar-refractivity contribution in [2.45, 2.75) is 38.9 Å². The van der Waals surface area contributed by atoms with E-state index in [0.29, 0.717) is 0 Å². The van der Waals surface area contributed by atoms with E-state index in [4.69, 9.17) is 18.1 Å². The molecule has 10 heteroatoms. The maximum Gasteiger partial charge on any atom is 0.494 e. The largest absolute Gasteiger partial charge is 0.494 e. The lowest BCUT2D eigenvalue weighted by Crippen LogP contribution is -2.41. The van der Waals surface area contributed by atoms with Gasteiger partial charge in [-0.15, -0.1) is 0 Å². The van der Waals surface area contributed by atoms with Crippen LogP contribution < -0.4 is 5.46 Å². The summed E-state index contributed by atoms with van der Waals surface area (Å²) >= 11 is 3.72. The average molecular weight is 1700 g/mol. The Kier molecular flexibility index (Phi) is 15.6. The molecule has 8 nitrogen and oxygen atoms in total. The summed E-state index contributed by atoms with van der Waals surface area (Å²) in [5, 5.41) is 29.5. The summed E-state index contributed by atoms with van der Waals surface area (Å²) in [7, 11) is -0.393. The summed E-state index contributed by atoms with van der Waals surface area (Å²) in [6.45, 7) is 8.33. The van der Waals surface area contributed by atoms with Crippen molar-refractivity contribution in [2.75, 3.05) is 0 Å². The summed E-state index contributed by atoms with van der Waals surface area (Å²) in [4.78, 5) is 0. The molecule has 20 aromatic carbocycles. The molecule has 29 rings (SSSR count). The van der Waals surface area contributed by atoms with Crippen LogP contribution in [0, 0.1) is 0 Å². The van der Waals surface area contributed by atoms with Crippen LogP contribution >= 0.6 is 15.9 Å². The smallest absolute Gasteiger partial charge is 0.455 e. The third-order valence-electron chi connectivity index (χ3n) is 28.2. The van der Waals surface area contributed by atoms with Gasteiger partial charge in [0.25, 0.3) is 0 Å². The van der Waals surface area contributed by atoms with Gasteiger partial charge >= 0.3 is 7.12 Å². The first-order chi connectivity index (χ1) is 62.9. The maximum atomic E-state index is 6.68. The van der Waals surface area contributed by atoms with Gasteiger partial charge in [0.05, 0.1) is 66.4 Å². The quantitative estimate of drug-likeness (QED) is 0.123. The number of rotatable bonds is 6. The van der Waals surface area contributed by atoms with E-state index in [1.807, 2.05) is 6.07 Å². The summed E-state index contributed by atoms with van der Waals surface area (Å²) in [5.41, 5.74) is 25.9. The molecule has 0 amide bonds. The van der Waals surface area contributed by atoms with Crippen LogP contribution in [0.25, 0.3) is 252 Å². The van der Waals surface area contributed by atoms with E-state index >= 15 is 0 Å². The third-order valence-corrected chi connectivity index (χ3v) is 28.7. The highest BCUT2D eigenvalue weighted by molar-refractivity contribution is 9.10. The highest BCUT2D eigenvalue weighted by Crippen LogP contribution is 2.50. The molecule has 8 aromatic heterocycles. The van der Waals surface area contributed by atoms with Gasteiger partial charge in [-0.2, -0.15) is 0 Å². The standard InChI is InChI=1S/C56H32N2O.C36H21BrN2.C26H23BO3/c1-2-12-37(13-3-1)57-49-20-10-8-16-40(49)42-25-22-35(32-52(42)57)36-30-46-41-17-9-11-21-50(41)58-51-26-23-33(28-45(51)47(31-36)55(46)58)34-24-27-53-48(29-34)54-43-18-6-4-14-38(43)39-15-5-7-19-44(39)56(54)59-53;37-24-15-17-34-29(21-24)31-19-23(18-30-27-11-5-7-13-33(27)39(34)36(30)31)22-14-16-28-26-10-4-6-12-32(26)38(35(28)20-22)25-8-2-1-3-9-25;1-25(2)26(3,4)30-27(29-25)16-13-14-22-21(15-16)23-19-11-7-5-9-17(19)18-10-6-8-12-20(18)24(23)28-22/h1-32H;1-21H;5-15H,1-4H3. The van der Waals surface area contributed by atoms with Crippen LogP contribution in [0.5, 0.6) is 0 Å². The number of nitrogens with zero attached hydrogens (tertiary/aromatic N) is 4. The molecule has 0 aliphatic carbocycles. The molecular formula is C118H76BBrN4O4. The number of hydrogen-bond donors (Lipinski definition) is 0. The Morgan fingerprint density at radius 3 is 1.01 bits per heavy atom. The van der Waals surface area contributed by atoms with Crippen molar-refractivity contribution < 1.29 is 18.1 Å². The van der Waals surface area contributed by atoms with Crippen LogP contribution in [0.1, 0.15) is 27.7 Å². The predicted octanol–water partition coefficient (Wildman–Crippen LogP) is 32.0. The summed E-state index contributed by atoms with van der Waals surface area (Å²) in [5.74, 6) is 0. The lowest BCUT2D eigenvalue weighted by molar-refractivity contribution is 0.00578. The zero-order valence-corrected chi connectivity index (χ0v) is 71.9. The molecule has 9 heterocycles. The minimum Gasteiger partial charge on any atom is -0.455 e. The molecule has 1 fully saturated rings. The molecule has 0 spiro atoms. The molecule has 0 radical (unpaired) electrons. The molecule has 0 bridgehead atoms. The molecule has 602 valence electrons. The van der Waals surface area contributed by atoms with Gasteiger partial charge in [-0.3, -0.25) is 0 Å². The van der Waals surface area contributed by atoms with Gasteiger partial charge in [0.1, 0.15) is 22.3 Å². The van der Waals surface area contributed by atoms with E-state index in [1.165, 1.54) is 197 Å². The van der Waals surface area contributed by atoms with Gasteiger partial charge in [-0.25, -0.2) is 0 Å². The number of aromatic nitrogens is 4. The Balaban J connectivity index is 0.000000106. The first kappa shape index (κ1) is 73.1. The lowest BCUT2D eigenvalue weighted by atomic mass is 9.78. The van der Waals surface area contributed by atoms with Crippen LogP contribution in [-0.4, -0.2) is 36.3 Å². The molecule has 1 aliphatic rings. The molecule has 128 heavy (non-hydrogen) atoms. The van der Waals surface area contributed by atoms with Gasteiger partial charge in [0.2, 0.25) is 0 Å². The number of fused-ring (bicyclic) bond motifs is 34. The fraction of sp³-hybridized carbons (Fsp3) is 0.0508. The van der Waals surface area contributed by atoms with Crippen molar-refractivity contribution >= 4 is 235 Å². The van der Waals surface area contributed by atoms with Crippen molar-refractivity contribution in [3.05, 3.63) is 393 Å². The Bertz CT molecular complexity index is 9570. The van der Waals surface area contributed by atoms with Crippen LogP contribution in [0.15, 0.2) is 402 Å². The number of para-hydroxylation sites is 6. The van der Waals surface area contributed by atoms with Gasteiger partial charge in [0, 0.05) is 113 Å². The molecule has 0 N–H and O–H groups in total. The second-order valence-electron chi connectivity index (χ2n) is 35.6. The molecule has 1 saturated heterocycles. The topological polar surface area (TPSA) is 63.4 Å². The first-order valence-electron chi connectivity index (χ1n) is 44.0. The van der Waals surface area contributed by atoms with E-state index in [9.17, 15) is 0 Å². The van der Waals surface area contributed by atoms with E-state index < -0.39 is 7.12 Å². The molecule has 0 atom stereocenters. The van der Waals surface area contributed by atoms with Gasteiger partial charge in [0.15, 0.2) is 0 Å². The lowest BCUT2D eigenvalue weighted by Gasteiger charge is -2.32. The van der Waals surface area contributed by atoms with Crippen molar-refractivity contribution in [1.82, 2.24) is 17.9 Å². The van der Waals surface area contributed by atoms with Gasteiger partial charge in [-0.05, 0) is 232 Å². The van der Waals surface area contributed by atoms with Crippen LogP contribution in [-0.2, 0) is 9.31 Å². The second kappa shape index (κ2) is 27.4. The molecule has 1 aliphatic heterocycles. The Labute approximate surface area is 742 Å². The fourth-order valence-corrected chi connectivity index (χ4v) is 22.0. The summed E-state index contributed by atoms with van der Waals surface area (Å²) < 4.78 is 36.5. The third kappa shape index (κ3) is 10.6. The van der Waals surface area contributed by atoms with Crippen molar-refractivity contribution in [2.24, 2.45) is 0 Å². The highest BCUT2D eigenvalue weighted by atomic mass is 79.9. The minimum absolute atomic E-state index is 0.367. The zero-order chi connectivity index (χ0) is 84.7. The summed E-state index contributed by atoms with van der Waals surface area (Å²) in [6, 6.07) is 141. The average Bonchev–Trinajstić information content (AvgIpc) is 1.54. The highest BCUT2D eigenvalue weighted by Gasteiger charge is 2.52. The second-order valence-corrected chi connectivity index (χ2v) is 36.5. The molecule has 0 saturated carbocycles. The normalized spacial score (nSPS) is 13.7. The number of furan rings is 2.